The van der Waals surface area contributed by atoms with Crippen LogP contribution in [0.15, 0.2) is 0 Å². The fraction of sp³-hybridized carbons (Fsp3) is 1.00. The van der Waals surface area contributed by atoms with Gasteiger partial charge in [-0.05, 0) is 37.6 Å². The second-order valence-corrected chi connectivity index (χ2v) is 5.16. The van der Waals surface area contributed by atoms with Gasteiger partial charge in [-0.15, -0.1) is 0 Å². The van der Waals surface area contributed by atoms with Crippen LogP contribution in [0.2, 0.25) is 0 Å². The van der Waals surface area contributed by atoms with Crippen LogP contribution >= 0.6 is 0 Å². The van der Waals surface area contributed by atoms with Crippen LogP contribution in [0.1, 0.15) is 46.0 Å². The molecule has 1 aliphatic rings. The van der Waals surface area contributed by atoms with Crippen molar-refractivity contribution in [2.45, 2.75) is 46.0 Å². The molecule has 0 radical (unpaired) electrons. The summed E-state index contributed by atoms with van der Waals surface area (Å²) in [5, 5.41) is 3.42. The fourth-order valence-electron chi connectivity index (χ4n) is 2.09. The second-order valence-electron chi connectivity index (χ2n) is 5.16. The van der Waals surface area contributed by atoms with Crippen molar-refractivity contribution in [2.75, 3.05) is 26.3 Å². The van der Waals surface area contributed by atoms with Gasteiger partial charge in [0.25, 0.3) is 0 Å². The van der Waals surface area contributed by atoms with E-state index < -0.39 is 0 Å². The Morgan fingerprint density at radius 1 is 1.20 bits per heavy atom. The topological polar surface area (TPSA) is 21.3 Å². The molecule has 0 saturated heterocycles. The summed E-state index contributed by atoms with van der Waals surface area (Å²) in [6.45, 7) is 8.54. The van der Waals surface area contributed by atoms with Crippen molar-refractivity contribution in [3.8, 4) is 0 Å². The zero-order valence-electron chi connectivity index (χ0n) is 10.4. The lowest BCUT2D eigenvalue weighted by molar-refractivity contribution is 0.103. The Morgan fingerprint density at radius 2 is 1.93 bits per heavy atom. The van der Waals surface area contributed by atoms with E-state index in [0.29, 0.717) is 0 Å². The molecular formula is C13H27NO. The zero-order valence-corrected chi connectivity index (χ0v) is 10.4. The van der Waals surface area contributed by atoms with E-state index in [0.717, 1.165) is 38.1 Å². The van der Waals surface area contributed by atoms with Crippen LogP contribution in [0, 0.1) is 11.8 Å². The summed E-state index contributed by atoms with van der Waals surface area (Å²) in [5.74, 6) is 1.66. The number of hydrogen-bond acceptors (Lipinski definition) is 2. The molecule has 1 saturated carbocycles. The van der Waals surface area contributed by atoms with E-state index in [2.05, 4.69) is 19.2 Å². The third kappa shape index (κ3) is 6.91. The molecule has 0 atom stereocenters. The van der Waals surface area contributed by atoms with Gasteiger partial charge in [0, 0.05) is 13.2 Å². The van der Waals surface area contributed by atoms with Crippen LogP contribution in [-0.2, 0) is 4.74 Å². The Labute approximate surface area is 94.8 Å². The van der Waals surface area contributed by atoms with Crippen molar-refractivity contribution in [1.29, 1.82) is 0 Å². The standard InChI is InChI=1S/C13H27NO/c1-12(2)7-8-14-9-10-15-11-13-5-3-4-6-13/h12-14H,3-11H2,1-2H3. The minimum absolute atomic E-state index is 0.803. The molecule has 0 aromatic carbocycles. The molecule has 0 aliphatic heterocycles. The van der Waals surface area contributed by atoms with E-state index in [-0.39, 0.29) is 0 Å². The Balaban J connectivity index is 1.76. The number of hydrogen-bond donors (Lipinski definition) is 1. The molecule has 1 N–H and O–H groups in total. The highest BCUT2D eigenvalue weighted by Crippen LogP contribution is 2.24. The summed E-state index contributed by atoms with van der Waals surface area (Å²) >= 11 is 0. The minimum Gasteiger partial charge on any atom is -0.380 e. The van der Waals surface area contributed by atoms with E-state index in [9.17, 15) is 0 Å². The lowest BCUT2D eigenvalue weighted by Gasteiger charge is -2.10. The van der Waals surface area contributed by atoms with Gasteiger partial charge < -0.3 is 10.1 Å². The Kier molecular flexibility index (Phi) is 7.03. The molecule has 2 heteroatoms. The summed E-state index contributed by atoms with van der Waals surface area (Å²) in [7, 11) is 0. The van der Waals surface area contributed by atoms with Crippen molar-refractivity contribution in [1.82, 2.24) is 5.32 Å². The molecule has 0 heterocycles. The number of rotatable bonds is 8. The third-order valence-corrected chi connectivity index (χ3v) is 3.15. The van der Waals surface area contributed by atoms with Crippen molar-refractivity contribution in [2.24, 2.45) is 11.8 Å². The SMILES string of the molecule is CC(C)CCNCCOCC1CCCC1. The first-order chi connectivity index (χ1) is 7.29. The summed E-state index contributed by atoms with van der Waals surface area (Å²) < 4.78 is 5.66. The van der Waals surface area contributed by atoms with Crippen LogP contribution < -0.4 is 5.32 Å². The normalized spacial score (nSPS) is 17.8. The molecule has 1 fully saturated rings. The first-order valence-electron chi connectivity index (χ1n) is 6.57. The highest BCUT2D eigenvalue weighted by molar-refractivity contribution is 4.66. The molecule has 0 amide bonds. The van der Waals surface area contributed by atoms with E-state index in [1.807, 2.05) is 0 Å². The van der Waals surface area contributed by atoms with Crippen molar-refractivity contribution < 1.29 is 4.74 Å². The first kappa shape index (κ1) is 13.0. The fourth-order valence-corrected chi connectivity index (χ4v) is 2.09. The summed E-state index contributed by atoms with van der Waals surface area (Å²) in [6, 6.07) is 0. The molecule has 0 bridgehead atoms. The van der Waals surface area contributed by atoms with Gasteiger partial charge in [0.15, 0.2) is 0 Å². The molecule has 1 rings (SSSR count). The van der Waals surface area contributed by atoms with Crippen LogP contribution in [0.25, 0.3) is 0 Å². The van der Waals surface area contributed by atoms with Gasteiger partial charge in [-0.1, -0.05) is 26.7 Å². The van der Waals surface area contributed by atoms with E-state index >= 15 is 0 Å². The van der Waals surface area contributed by atoms with Crippen LogP contribution in [0.5, 0.6) is 0 Å². The number of ether oxygens (including phenoxy) is 1. The van der Waals surface area contributed by atoms with Gasteiger partial charge in [0.1, 0.15) is 0 Å². The average Bonchev–Trinajstić information content (AvgIpc) is 2.68. The predicted octanol–water partition coefficient (Wildman–Crippen LogP) is 2.83. The summed E-state index contributed by atoms with van der Waals surface area (Å²) in [4.78, 5) is 0. The summed E-state index contributed by atoms with van der Waals surface area (Å²) in [5.41, 5.74) is 0. The lowest BCUT2D eigenvalue weighted by Crippen LogP contribution is -2.22. The van der Waals surface area contributed by atoms with Crippen LogP contribution in [0.3, 0.4) is 0 Å². The maximum atomic E-state index is 5.66. The molecule has 90 valence electrons. The first-order valence-corrected chi connectivity index (χ1v) is 6.57. The second kappa shape index (κ2) is 8.12. The largest absolute Gasteiger partial charge is 0.380 e. The van der Waals surface area contributed by atoms with Gasteiger partial charge >= 0.3 is 0 Å². The Hall–Kier alpha value is -0.0800. The van der Waals surface area contributed by atoms with Crippen LogP contribution in [-0.4, -0.2) is 26.3 Å². The van der Waals surface area contributed by atoms with Crippen molar-refractivity contribution in [3.05, 3.63) is 0 Å². The lowest BCUT2D eigenvalue weighted by atomic mass is 10.1. The molecular weight excluding hydrogens is 186 g/mol. The minimum atomic E-state index is 0.803. The highest BCUT2D eigenvalue weighted by atomic mass is 16.5. The molecule has 0 aromatic rings. The third-order valence-electron chi connectivity index (χ3n) is 3.15. The summed E-state index contributed by atoms with van der Waals surface area (Å²) in [6.07, 6.45) is 6.88. The van der Waals surface area contributed by atoms with E-state index in [4.69, 9.17) is 4.74 Å². The van der Waals surface area contributed by atoms with E-state index in [1.54, 1.807) is 0 Å². The van der Waals surface area contributed by atoms with Gasteiger partial charge in [-0.3, -0.25) is 0 Å². The predicted molar refractivity (Wildman–Crippen MR) is 65.1 cm³/mol. The van der Waals surface area contributed by atoms with Crippen molar-refractivity contribution in [3.63, 3.8) is 0 Å². The van der Waals surface area contributed by atoms with Gasteiger partial charge in [0.05, 0.1) is 6.61 Å². The highest BCUT2D eigenvalue weighted by Gasteiger charge is 2.14. The Bertz CT molecular complexity index is 141. The van der Waals surface area contributed by atoms with Gasteiger partial charge in [-0.25, -0.2) is 0 Å². The molecule has 2 nitrogen and oxygen atoms in total. The maximum absolute atomic E-state index is 5.66. The average molecular weight is 213 g/mol. The van der Waals surface area contributed by atoms with E-state index in [1.165, 1.54) is 32.1 Å². The molecule has 0 spiro atoms. The van der Waals surface area contributed by atoms with Gasteiger partial charge in [-0.2, -0.15) is 0 Å². The monoisotopic (exact) mass is 213 g/mol. The number of nitrogens with one attached hydrogen (secondary N) is 1. The molecule has 15 heavy (non-hydrogen) atoms. The smallest absolute Gasteiger partial charge is 0.0591 e. The van der Waals surface area contributed by atoms with Crippen molar-refractivity contribution >= 4 is 0 Å². The maximum Gasteiger partial charge on any atom is 0.0591 e. The molecule has 0 unspecified atom stereocenters. The zero-order chi connectivity index (χ0) is 10.9. The molecule has 0 aromatic heterocycles. The Morgan fingerprint density at radius 3 is 2.60 bits per heavy atom. The quantitative estimate of drug-likeness (QED) is 0.626. The van der Waals surface area contributed by atoms with Crippen LogP contribution in [0.4, 0.5) is 0 Å². The molecule has 1 aliphatic carbocycles. The van der Waals surface area contributed by atoms with Gasteiger partial charge in [0.2, 0.25) is 0 Å².